The molecule has 0 amide bonds. The summed E-state index contributed by atoms with van der Waals surface area (Å²) in [6, 6.07) is 8.56. The maximum atomic E-state index is 12.0. The highest BCUT2D eigenvalue weighted by Crippen LogP contribution is 2.08. The van der Waals surface area contributed by atoms with Crippen molar-refractivity contribution in [2.75, 3.05) is 0 Å². The van der Waals surface area contributed by atoms with Gasteiger partial charge in [0.05, 0.1) is 5.56 Å². The Bertz CT molecular complexity index is 584. The Kier molecular flexibility index (Phi) is 2.78. The lowest BCUT2D eigenvalue weighted by Gasteiger charge is -2.02. The van der Waals surface area contributed by atoms with Gasteiger partial charge < -0.3 is 5.11 Å². The van der Waals surface area contributed by atoms with Gasteiger partial charge in [-0.2, -0.15) is 0 Å². The first kappa shape index (κ1) is 11.1. The Morgan fingerprint density at radius 3 is 2.53 bits per heavy atom. The van der Waals surface area contributed by atoms with E-state index in [1.165, 1.54) is 23.0 Å². The average Bonchev–Trinajstić information content (AvgIpc) is 2.77. The molecule has 0 fully saturated rings. The van der Waals surface area contributed by atoms with Crippen LogP contribution in [0.5, 0.6) is 0 Å². The number of rotatable bonds is 2. The molecule has 1 aromatic heterocycles. The van der Waals surface area contributed by atoms with Crippen LogP contribution in [0.1, 0.15) is 26.3 Å². The van der Waals surface area contributed by atoms with E-state index in [1.54, 1.807) is 18.2 Å². The Balaban J connectivity index is 2.34. The van der Waals surface area contributed by atoms with E-state index in [-0.39, 0.29) is 11.5 Å². The quantitative estimate of drug-likeness (QED) is 0.858. The van der Waals surface area contributed by atoms with Crippen LogP contribution in [0.25, 0.3) is 0 Å². The lowest BCUT2D eigenvalue weighted by Crippen LogP contribution is -2.10. The van der Waals surface area contributed by atoms with Crippen molar-refractivity contribution >= 4 is 11.9 Å². The zero-order valence-electron chi connectivity index (χ0n) is 9.25. The third-order valence-electron chi connectivity index (χ3n) is 2.44. The second-order valence-corrected chi connectivity index (χ2v) is 3.79. The monoisotopic (exact) mass is 229 g/mol. The number of carbonyl (C=O) groups is 2. The molecule has 86 valence electrons. The van der Waals surface area contributed by atoms with Gasteiger partial charge in [0, 0.05) is 18.0 Å². The summed E-state index contributed by atoms with van der Waals surface area (Å²) in [5.74, 6) is -1.28. The minimum atomic E-state index is -1.04. The van der Waals surface area contributed by atoms with Crippen LogP contribution in [-0.2, 0) is 0 Å². The van der Waals surface area contributed by atoms with Crippen LogP contribution in [0, 0.1) is 6.92 Å². The van der Waals surface area contributed by atoms with Gasteiger partial charge in [0.1, 0.15) is 0 Å². The van der Waals surface area contributed by atoms with Gasteiger partial charge in [0.2, 0.25) is 0 Å². The van der Waals surface area contributed by atoms with Crippen LogP contribution in [0.2, 0.25) is 0 Å². The molecule has 0 aliphatic carbocycles. The molecule has 0 radical (unpaired) electrons. The first-order valence-electron chi connectivity index (χ1n) is 5.10. The number of aryl methyl sites for hydroxylation is 1. The van der Waals surface area contributed by atoms with Crippen LogP contribution >= 0.6 is 0 Å². The van der Waals surface area contributed by atoms with E-state index >= 15 is 0 Å². The summed E-state index contributed by atoms with van der Waals surface area (Å²) in [7, 11) is 0. The largest absolute Gasteiger partial charge is 0.478 e. The maximum absolute atomic E-state index is 12.0. The van der Waals surface area contributed by atoms with E-state index in [0.29, 0.717) is 5.56 Å². The molecule has 1 N–H and O–H groups in total. The smallest absolute Gasteiger partial charge is 0.337 e. The molecule has 2 aromatic rings. The summed E-state index contributed by atoms with van der Waals surface area (Å²) in [6.07, 6.45) is 2.76. The molecule has 17 heavy (non-hydrogen) atoms. The molecule has 4 nitrogen and oxygen atoms in total. The van der Waals surface area contributed by atoms with E-state index in [1.807, 2.05) is 13.0 Å². The van der Waals surface area contributed by atoms with Crippen LogP contribution in [0.15, 0.2) is 42.7 Å². The van der Waals surface area contributed by atoms with Gasteiger partial charge in [0.25, 0.3) is 5.91 Å². The number of benzene rings is 1. The van der Waals surface area contributed by atoms with E-state index in [4.69, 9.17) is 5.11 Å². The van der Waals surface area contributed by atoms with Gasteiger partial charge in [-0.05, 0) is 25.1 Å². The molecule has 0 aliphatic rings. The molecular formula is C13H11NO3. The van der Waals surface area contributed by atoms with Gasteiger partial charge in [-0.3, -0.25) is 9.36 Å². The minimum absolute atomic E-state index is 0.103. The first-order valence-corrected chi connectivity index (χ1v) is 5.10. The third kappa shape index (κ3) is 2.25. The van der Waals surface area contributed by atoms with Crippen LogP contribution in [-0.4, -0.2) is 21.6 Å². The Morgan fingerprint density at radius 2 is 1.94 bits per heavy atom. The van der Waals surface area contributed by atoms with Gasteiger partial charge in [-0.15, -0.1) is 0 Å². The number of carbonyl (C=O) groups excluding carboxylic acids is 1. The molecule has 0 saturated carbocycles. The van der Waals surface area contributed by atoms with Gasteiger partial charge in [0.15, 0.2) is 0 Å². The molecular weight excluding hydrogens is 218 g/mol. The molecule has 0 atom stereocenters. The molecule has 2 rings (SSSR count). The zero-order valence-corrected chi connectivity index (χ0v) is 9.25. The normalized spacial score (nSPS) is 10.2. The summed E-state index contributed by atoms with van der Waals surface area (Å²) < 4.78 is 1.28. The van der Waals surface area contributed by atoms with E-state index in [9.17, 15) is 9.59 Å². The first-order chi connectivity index (χ1) is 8.08. The number of hydrogen-bond acceptors (Lipinski definition) is 2. The second kappa shape index (κ2) is 4.25. The maximum Gasteiger partial charge on any atom is 0.337 e. The minimum Gasteiger partial charge on any atom is -0.478 e. The summed E-state index contributed by atoms with van der Waals surface area (Å²) in [6.45, 7) is 1.90. The van der Waals surface area contributed by atoms with Crippen LogP contribution in [0.3, 0.4) is 0 Å². The highest BCUT2D eigenvalue weighted by Gasteiger charge is 2.11. The average molecular weight is 229 g/mol. The van der Waals surface area contributed by atoms with E-state index in [0.717, 1.165) is 5.56 Å². The summed E-state index contributed by atoms with van der Waals surface area (Å²) in [5, 5.41) is 8.77. The predicted octanol–water partition coefficient (Wildman–Crippen LogP) is 2.18. The Morgan fingerprint density at radius 1 is 1.18 bits per heavy atom. The molecule has 1 heterocycles. The molecule has 0 bridgehead atoms. The lowest BCUT2D eigenvalue weighted by atomic mass is 10.1. The molecule has 1 aromatic carbocycles. The van der Waals surface area contributed by atoms with Crippen molar-refractivity contribution in [3.8, 4) is 0 Å². The second-order valence-electron chi connectivity index (χ2n) is 3.79. The standard InChI is InChI=1S/C13H11NO3/c1-9-3-2-4-10(7-9)12(15)14-6-5-11(8-14)13(16)17/h2-8H,1H3,(H,16,17). The van der Waals surface area contributed by atoms with Crippen molar-refractivity contribution in [1.29, 1.82) is 0 Å². The Labute approximate surface area is 98.1 Å². The predicted molar refractivity (Wildman–Crippen MR) is 62.3 cm³/mol. The van der Waals surface area contributed by atoms with Crippen molar-refractivity contribution in [2.45, 2.75) is 6.92 Å². The van der Waals surface area contributed by atoms with Gasteiger partial charge in [-0.1, -0.05) is 17.7 Å². The number of carboxylic acid groups (broad SMARTS) is 1. The molecule has 4 heteroatoms. The molecule has 0 aliphatic heterocycles. The van der Waals surface area contributed by atoms with Gasteiger partial charge >= 0.3 is 5.97 Å². The number of nitrogens with zero attached hydrogens (tertiary/aromatic N) is 1. The van der Waals surface area contributed by atoms with E-state index in [2.05, 4.69) is 0 Å². The molecule has 0 saturated heterocycles. The lowest BCUT2D eigenvalue weighted by molar-refractivity contribution is 0.0697. The Hall–Kier alpha value is -2.36. The number of aromatic carboxylic acids is 1. The SMILES string of the molecule is Cc1cccc(C(=O)n2ccc(C(=O)O)c2)c1. The zero-order chi connectivity index (χ0) is 12.4. The number of hydrogen-bond donors (Lipinski definition) is 1. The third-order valence-corrected chi connectivity index (χ3v) is 2.44. The van der Waals surface area contributed by atoms with Gasteiger partial charge in [-0.25, -0.2) is 4.79 Å². The van der Waals surface area contributed by atoms with E-state index < -0.39 is 5.97 Å². The van der Waals surface area contributed by atoms with Crippen molar-refractivity contribution in [1.82, 2.24) is 4.57 Å². The van der Waals surface area contributed by atoms with Crippen molar-refractivity contribution in [3.63, 3.8) is 0 Å². The van der Waals surface area contributed by atoms with Crippen molar-refractivity contribution in [2.24, 2.45) is 0 Å². The summed E-state index contributed by atoms with van der Waals surface area (Å²) in [4.78, 5) is 22.7. The molecule has 0 unspecified atom stereocenters. The number of aromatic nitrogens is 1. The fourth-order valence-corrected chi connectivity index (χ4v) is 1.58. The van der Waals surface area contributed by atoms with Crippen LogP contribution < -0.4 is 0 Å². The number of carboxylic acids is 1. The summed E-state index contributed by atoms with van der Waals surface area (Å²) >= 11 is 0. The highest BCUT2D eigenvalue weighted by atomic mass is 16.4. The fraction of sp³-hybridized carbons (Fsp3) is 0.0769. The van der Waals surface area contributed by atoms with Crippen molar-refractivity contribution < 1.29 is 14.7 Å². The van der Waals surface area contributed by atoms with Crippen LogP contribution in [0.4, 0.5) is 0 Å². The summed E-state index contributed by atoms with van der Waals surface area (Å²) in [5.41, 5.74) is 1.63. The highest BCUT2D eigenvalue weighted by molar-refractivity contribution is 5.97. The molecule has 0 spiro atoms. The fourth-order valence-electron chi connectivity index (χ4n) is 1.58. The van der Waals surface area contributed by atoms with Crippen molar-refractivity contribution in [3.05, 3.63) is 59.4 Å². The topological polar surface area (TPSA) is 59.3 Å².